The van der Waals surface area contributed by atoms with E-state index < -0.39 is 10.9 Å². The van der Waals surface area contributed by atoms with Gasteiger partial charge in [0.2, 0.25) is 0 Å². The maximum atomic E-state index is 11.4. The van der Waals surface area contributed by atoms with E-state index in [1.54, 1.807) is 6.07 Å². The van der Waals surface area contributed by atoms with E-state index in [0.717, 1.165) is 0 Å². The lowest BCUT2D eigenvalue weighted by Gasteiger charge is -2.09. The van der Waals surface area contributed by atoms with Crippen LogP contribution < -0.4 is 0 Å². The summed E-state index contributed by atoms with van der Waals surface area (Å²) in [6.45, 7) is 1.83. The molecule has 0 spiro atoms. The Hall–Kier alpha value is -1.43. The first-order valence-electron chi connectivity index (χ1n) is 4.48. The van der Waals surface area contributed by atoms with Crippen molar-refractivity contribution in [1.82, 2.24) is 0 Å². The fourth-order valence-corrected chi connectivity index (χ4v) is 1.69. The molecule has 0 aliphatic rings. The van der Waals surface area contributed by atoms with E-state index >= 15 is 0 Å². The van der Waals surface area contributed by atoms with Crippen molar-refractivity contribution in [2.24, 2.45) is 0 Å². The number of esters is 1. The van der Waals surface area contributed by atoms with E-state index in [9.17, 15) is 14.9 Å². The van der Waals surface area contributed by atoms with Crippen molar-refractivity contribution in [3.05, 3.63) is 39.4 Å². The molecule has 86 valence electrons. The number of nitro groups is 1. The van der Waals surface area contributed by atoms with Gasteiger partial charge in [0.15, 0.2) is 0 Å². The number of rotatable bonds is 3. The quantitative estimate of drug-likeness (QED) is 0.371. The Morgan fingerprint density at radius 1 is 1.56 bits per heavy atom. The molecule has 0 aliphatic carbocycles. The molecule has 6 heteroatoms. The summed E-state index contributed by atoms with van der Waals surface area (Å²) in [4.78, 5) is 21.4. The molecule has 0 saturated heterocycles. The van der Waals surface area contributed by atoms with E-state index in [0.29, 0.717) is 5.56 Å². The molecular formula is C10H10BrNO4. The van der Waals surface area contributed by atoms with Crippen LogP contribution in [0.5, 0.6) is 0 Å². The number of nitrogens with zero attached hydrogens (tertiary/aromatic N) is 1. The van der Waals surface area contributed by atoms with Crippen LogP contribution in [0.3, 0.4) is 0 Å². The first kappa shape index (κ1) is 12.6. The summed E-state index contributed by atoms with van der Waals surface area (Å²) >= 11 is 3.31. The van der Waals surface area contributed by atoms with Crippen molar-refractivity contribution >= 4 is 27.6 Å². The highest BCUT2D eigenvalue weighted by atomic mass is 79.9. The van der Waals surface area contributed by atoms with Gasteiger partial charge in [-0.3, -0.25) is 10.1 Å². The molecule has 1 unspecified atom stereocenters. The van der Waals surface area contributed by atoms with Crippen molar-refractivity contribution in [1.29, 1.82) is 0 Å². The van der Waals surface area contributed by atoms with Crippen molar-refractivity contribution in [2.75, 3.05) is 7.11 Å². The van der Waals surface area contributed by atoms with Crippen LogP contribution in [-0.2, 0) is 4.74 Å². The number of alkyl halides is 1. The lowest BCUT2D eigenvalue weighted by Crippen LogP contribution is -2.07. The minimum absolute atomic E-state index is 0.0811. The minimum atomic E-state index is -0.579. The van der Waals surface area contributed by atoms with E-state index in [1.807, 2.05) is 6.92 Å². The van der Waals surface area contributed by atoms with Gasteiger partial charge in [-0.2, -0.15) is 0 Å². The fourth-order valence-electron chi connectivity index (χ4n) is 1.29. The number of benzene rings is 1. The summed E-state index contributed by atoms with van der Waals surface area (Å²) < 4.78 is 4.58. The minimum Gasteiger partial charge on any atom is -0.465 e. The molecule has 1 aromatic rings. The van der Waals surface area contributed by atoms with Crippen LogP contribution >= 0.6 is 15.9 Å². The van der Waals surface area contributed by atoms with E-state index in [-0.39, 0.29) is 16.1 Å². The zero-order valence-corrected chi connectivity index (χ0v) is 10.4. The number of hydrogen-bond donors (Lipinski definition) is 0. The standard InChI is InChI=1S/C10H10BrNO4/c1-6(11)8-4-3-7(12(14)15)5-9(8)10(13)16-2/h3-6H,1-2H3. The Labute approximate surface area is 101 Å². The van der Waals surface area contributed by atoms with E-state index in [4.69, 9.17) is 0 Å². The summed E-state index contributed by atoms with van der Waals surface area (Å²) in [6.07, 6.45) is 0. The molecule has 1 rings (SSSR count). The normalized spacial score (nSPS) is 11.9. The molecule has 0 aliphatic heterocycles. The Morgan fingerprint density at radius 2 is 2.19 bits per heavy atom. The molecular weight excluding hydrogens is 278 g/mol. The molecule has 0 heterocycles. The van der Waals surface area contributed by atoms with Crippen LogP contribution in [-0.4, -0.2) is 18.0 Å². The SMILES string of the molecule is COC(=O)c1cc([N+](=O)[O-])ccc1C(C)Br. The lowest BCUT2D eigenvalue weighted by molar-refractivity contribution is -0.384. The largest absolute Gasteiger partial charge is 0.465 e. The lowest BCUT2D eigenvalue weighted by atomic mass is 10.0. The third-order valence-corrected chi connectivity index (χ3v) is 2.57. The topological polar surface area (TPSA) is 69.4 Å². The summed E-state index contributed by atoms with van der Waals surface area (Å²) in [6, 6.07) is 4.13. The highest BCUT2D eigenvalue weighted by Crippen LogP contribution is 2.28. The number of hydrogen-bond acceptors (Lipinski definition) is 4. The molecule has 0 bridgehead atoms. The van der Waals surface area contributed by atoms with Crippen molar-refractivity contribution in [2.45, 2.75) is 11.8 Å². The van der Waals surface area contributed by atoms with Crippen molar-refractivity contribution in [3.63, 3.8) is 0 Å². The van der Waals surface area contributed by atoms with Gasteiger partial charge < -0.3 is 4.74 Å². The predicted octanol–water partition coefficient (Wildman–Crippen LogP) is 2.84. The zero-order valence-electron chi connectivity index (χ0n) is 8.77. The molecule has 0 fully saturated rings. The molecule has 1 atom stereocenters. The molecule has 1 aromatic carbocycles. The smallest absolute Gasteiger partial charge is 0.338 e. The second kappa shape index (κ2) is 5.07. The van der Waals surface area contributed by atoms with Gasteiger partial charge in [-0.05, 0) is 12.5 Å². The van der Waals surface area contributed by atoms with Gasteiger partial charge in [0.25, 0.3) is 5.69 Å². The average Bonchev–Trinajstić information content (AvgIpc) is 2.26. The monoisotopic (exact) mass is 287 g/mol. The molecule has 0 amide bonds. The maximum Gasteiger partial charge on any atom is 0.338 e. The number of carbonyl (C=O) groups is 1. The maximum absolute atomic E-state index is 11.4. The predicted molar refractivity (Wildman–Crippen MR) is 61.8 cm³/mol. The van der Waals surface area contributed by atoms with Crippen LogP contribution in [0.15, 0.2) is 18.2 Å². The van der Waals surface area contributed by atoms with Crippen LogP contribution in [0.25, 0.3) is 0 Å². The number of halogens is 1. The van der Waals surface area contributed by atoms with Crippen molar-refractivity contribution in [3.8, 4) is 0 Å². The highest BCUT2D eigenvalue weighted by molar-refractivity contribution is 9.09. The van der Waals surface area contributed by atoms with Crippen LogP contribution in [0, 0.1) is 10.1 Å². The molecule has 5 nitrogen and oxygen atoms in total. The Kier molecular flexibility index (Phi) is 4.00. The Balaban J connectivity index is 3.32. The number of ether oxygens (including phenoxy) is 1. The van der Waals surface area contributed by atoms with Crippen LogP contribution in [0.1, 0.15) is 27.7 Å². The molecule has 0 N–H and O–H groups in total. The van der Waals surface area contributed by atoms with Crippen LogP contribution in [0.4, 0.5) is 5.69 Å². The van der Waals surface area contributed by atoms with Gasteiger partial charge in [0.05, 0.1) is 17.6 Å². The van der Waals surface area contributed by atoms with Gasteiger partial charge >= 0.3 is 5.97 Å². The van der Waals surface area contributed by atoms with Gasteiger partial charge in [-0.15, -0.1) is 0 Å². The van der Waals surface area contributed by atoms with Crippen molar-refractivity contribution < 1.29 is 14.5 Å². The van der Waals surface area contributed by atoms with Gasteiger partial charge in [-0.25, -0.2) is 4.79 Å². The Bertz CT molecular complexity index is 431. The number of non-ortho nitro benzene ring substituents is 1. The zero-order chi connectivity index (χ0) is 12.3. The second-order valence-corrected chi connectivity index (χ2v) is 4.51. The molecule has 0 aromatic heterocycles. The van der Waals surface area contributed by atoms with Crippen LogP contribution in [0.2, 0.25) is 0 Å². The first-order valence-corrected chi connectivity index (χ1v) is 5.39. The molecule has 0 radical (unpaired) electrons. The van der Waals surface area contributed by atoms with Gasteiger partial charge in [-0.1, -0.05) is 22.0 Å². The number of methoxy groups -OCH3 is 1. The first-order chi connectivity index (χ1) is 7.47. The number of nitro benzene ring substituents is 1. The summed E-state index contributed by atoms with van der Waals surface area (Å²) in [5.74, 6) is -0.579. The third kappa shape index (κ3) is 2.57. The average molecular weight is 288 g/mol. The summed E-state index contributed by atoms with van der Waals surface area (Å²) in [5, 5.41) is 10.6. The van der Waals surface area contributed by atoms with E-state index in [2.05, 4.69) is 20.7 Å². The number of carbonyl (C=O) groups excluding carboxylic acids is 1. The molecule has 0 saturated carbocycles. The third-order valence-electron chi connectivity index (χ3n) is 2.08. The highest BCUT2D eigenvalue weighted by Gasteiger charge is 2.19. The summed E-state index contributed by atoms with van der Waals surface area (Å²) in [5.41, 5.74) is 0.746. The van der Waals surface area contributed by atoms with Gasteiger partial charge in [0, 0.05) is 17.0 Å². The fraction of sp³-hybridized carbons (Fsp3) is 0.300. The van der Waals surface area contributed by atoms with E-state index in [1.165, 1.54) is 19.2 Å². The van der Waals surface area contributed by atoms with Gasteiger partial charge in [0.1, 0.15) is 0 Å². The second-order valence-electron chi connectivity index (χ2n) is 3.14. The molecule has 16 heavy (non-hydrogen) atoms. The Morgan fingerprint density at radius 3 is 2.62 bits per heavy atom. The summed E-state index contributed by atoms with van der Waals surface area (Å²) in [7, 11) is 1.24.